The molecule has 2 N–H and O–H groups in total. The van der Waals surface area contributed by atoms with Crippen molar-refractivity contribution in [1.29, 1.82) is 0 Å². The van der Waals surface area contributed by atoms with Gasteiger partial charge in [0, 0.05) is 12.6 Å². The number of nitrogens with one attached hydrogen (secondary N) is 2. The van der Waals surface area contributed by atoms with Crippen LogP contribution in [-0.2, 0) is 11.3 Å². The van der Waals surface area contributed by atoms with Gasteiger partial charge in [0.05, 0.1) is 14.1 Å². The van der Waals surface area contributed by atoms with Gasteiger partial charge in [-0.1, -0.05) is 49.1 Å². The summed E-state index contributed by atoms with van der Waals surface area (Å²) >= 11 is 0. The van der Waals surface area contributed by atoms with Crippen molar-refractivity contribution in [2.75, 3.05) is 0 Å². The van der Waals surface area contributed by atoms with Crippen LogP contribution in [0.1, 0.15) is 26.3 Å². The molecule has 0 aliphatic heterocycles. The van der Waals surface area contributed by atoms with Crippen LogP contribution in [0.3, 0.4) is 0 Å². The standard InChI is InChI=1S/C16H28N2OSi/c1-12(2)18-16(19)13(3)17-11-14-7-9-15(10-8-14)20(4,5)6/h7-10,12-13,17H,11H2,1-6H3,(H,18,19). The second-order valence-electron chi connectivity index (χ2n) is 6.71. The molecule has 3 nitrogen and oxygen atoms in total. The molecule has 0 spiro atoms. The number of rotatable bonds is 6. The van der Waals surface area contributed by atoms with Crippen LogP contribution in [0.5, 0.6) is 0 Å². The van der Waals surface area contributed by atoms with E-state index in [-0.39, 0.29) is 18.0 Å². The Labute approximate surface area is 124 Å². The van der Waals surface area contributed by atoms with Gasteiger partial charge >= 0.3 is 0 Å². The second-order valence-corrected chi connectivity index (χ2v) is 11.8. The molecule has 0 saturated heterocycles. The lowest BCUT2D eigenvalue weighted by Gasteiger charge is -2.18. The first kappa shape index (κ1) is 16.9. The molecule has 0 fully saturated rings. The fourth-order valence-electron chi connectivity index (χ4n) is 1.90. The van der Waals surface area contributed by atoms with E-state index in [1.54, 1.807) is 0 Å². The first-order chi connectivity index (χ1) is 9.20. The number of benzene rings is 1. The molecule has 0 radical (unpaired) electrons. The molecular weight excluding hydrogens is 264 g/mol. The molecule has 20 heavy (non-hydrogen) atoms. The van der Waals surface area contributed by atoms with Crippen molar-refractivity contribution in [2.45, 2.75) is 59.0 Å². The molecule has 1 amide bonds. The lowest BCUT2D eigenvalue weighted by molar-refractivity contribution is -0.123. The van der Waals surface area contributed by atoms with Gasteiger partial charge in [-0.05, 0) is 26.3 Å². The van der Waals surface area contributed by atoms with E-state index < -0.39 is 8.07 Å². The summed E-state index contributed by atoms with van der Waals surface area (Å²) in [6, 6.07) is 8.78. The van der Waals surface area contributed by atoms with Crippen LogP contribution in [0.15, 0.2) is 24.3 Å². The Kier molecular flexibility index (Phi) is 5.96. The van der Waals surface area contributed by atoms with E-state index in [0.29, 0.717) is 0 Å². The molecule has 1 aromatic carbocycles. The molecule has 0 aromatic heterocycles. The van der Waals surface area contributed by atoms with Crippen LogP contribution in [0, 0.1) is 0 Å². The zero-order valence-corrected chi connectivity index (χ0v) is 14.6. The minimum atomic E-state index is -1.22. The van der Waals surface area contributed by atoms with Crippen LogP contribution in [0.4, 0.5) is 0 Å². The van der Waals surface area contributed by atoms with E-state index in [0.717, 1.165) is 6.54 Å². The highest BCUT2D eigenvalue weighted by atomic mass is 28.3. The molecule has 0 heterocycles. The van der Waals surface area contributed by atoms with Gasteiger partial charge in [-0.15, -0.1) is 0 Å². The van der Waals surface area contributed by atoms with Crippen LogP contribution in [0.2, 0.25) is 19.6 Å². The first-order valence-electron chi connectivity index (χ1n) is 7.33. The van der Waals surface area contributed by atoms with Gasteiger partial charge in [0.25, 0.3) is 0 Å². The van der Waals surface area contributed by atoms with Crippen molar-refractivity contribution >= 4 is 19.2 Å². The third-order valence-electron chi connectivity index (χ3n) is 3.26. The molecule has 0 bridgehead atoms. The fraction of sp³-hybridized carbons (Fsp3) is 0.562. The molecule has 0 aliphatic carbocycles. The average Bonchev–Trinajstić information content (AvgIpc) is 2.34. The normalized spacial score (nSPS) is 13.3. The first-order valence-corrected chi connectivity index (χ1v) is 10.8. The third kappa shape index (κ3) is 5.47. The molecule has 1 rings (SSSR count). The van der Waals surface area contributed by atoms with Gasteiger partial charge < -0.3 is 10.6 Å². The number of hydrogen-bond donors (Lipinski definition) is 2. The Hall–Kier alpha value is -1.13. The number of hydrogen-bond acceptors (Lipinski definition) is 2. The third-order valence-corrected chi connectivity index (χ3v) is 5.32. The summed E-state index contributed by atoms with van der Waals surface area (Å²) in [6.45, 7) is 13.6. The molecule has 1 unspecified atom stereocenters. The predicted molar refractivity (Wildman–Crippen MR) is 89.0 cm³/mol. The van der Waals surface area contributed by atoms with Gasteiger partial charge in [-0.2, -0.15) is 0 Å². The fourth-order valence-corrected chi connectivity index (χ4v) is 3.06. The summed E-state index contributed by atoms with van der Waals surface area (Å²) in [6.07, 6.45) is 0. The molecule has 0 aliphatic rings. The molecule has 112 valence electrons. The molecule has 1 aromatic rings. The number of carbonyl (C=O) groups is 1. The average molecular weight is 292 g/mol. The smallest absolute Gasteiger partial charge is 0.237 e. The number of carbonyl (C=O) groups excluding carboxylic acids is 1. The SMILES string of the molecule is CC(C)NC(=O)C(C)NCc1ccc([Si](C)(C)C)cc1. The zero-order valence-electron chi connectivity index (χ0n) is 13.6. The van der Waals surface area contributed by atoms with E-state index in [1.807, 2.05) is 20.8 Å². The van der Waals surface area contributed by atoms with Gasteiger partial charge in [-0.3, -0.25) is 4.79 Å². The van der Waals surface area contributed by atoms with Crippen molar-refractivity contribution < 1.29 is 4.79 Å². The van der Waals surface area contributed by atoms with Crippen molar-refractivity contribution in [1.82, 2.24) is 10.6 Å². The van der Waals surface area contributed by atoms with Gasteiger partial charge in [0.1, 0.15) is 0 Å². The van der Waals surface area contributed by atoms with E-state index in [9.17, 15) is 4.79 Å². The summed E-state index contributed by atoms with van der Waals surface area (Å²) in [7, 11) is -1.22. The molecule has 1 atom stereocenters. The van der Waals surface area contributed by atoms with E-state index in [4.69, 9.17) is 0 Å². The van der Waals surface area contributed by atoms with Crippen molar-refractivity contribution in [3.63, 3.8) is 0 Å². The highest BCUT2D eigenvalue weighted by Crippen LogP contribution is 2.04. The maximum Gasteiger partial charge on any atom is 0.237 e. The van der Waals surface area contributed by atoms with Crippen molar-refractivity contribution in [3.8, 4) is 0 Å². The zero-order chi connectivity index (χ0) is 15.3. The summed E-state index contributed by atoms with van der Waals surface area (Å²) in [5.74, 6) is 0.0544. The van der Waals surface area contributed by atoms with Gasteiger partial charge in [0.2, 0.25) is 5.91 Å². The Morgan fingerprint density at radius 3 is 2.10 bits per heavy atom. The summed E-state index contributed by atoms with van der Waals surface area (Å²) in [5.41, 5.74) is 1.22. The highest BCUT2D eigenvalue weighted by Gasteiger charge is 2.16. The quantitative estimate of drug-likeness (QED) is 0.790. The molecule has 0 saturated carbocycles. The van der Waals surface area contributed by atoms with Crippen LogP contribution in [-0.4, -0.2) is 26.1 Å². The van der Waals surface area contributed by atoms with E-state index >= 15 is 0 Å². The lowest BCUT2D eigenvalue weighted by atomic mass is 10.2. The van der Waals surface area contributed by atoms with Crippen molar-refractivity contribution in [2.24, 2.45) is 0 Å². The van der Waals surface area contributed by atoms with E-state index in [1.165, 1.54) is 10.8 Å². The maximum absolute atomic E-state index is 11.8. The minimum absolute atomic E-state index is 0.0544. The van der Waals surface area contributed by atoms with Crippen LogP contribution in [0.25, 0.3) is 0 Å². The monoisotopic (exact) mass is 292 g/mol. The largest absolute Gasteiger partial charge is 0.353 e. The topological polar surface area (TPSA) is 41.1 Å². The van der Waals surface area contributed by atoms with Gasteiger partial charge in [-0.25, -0.2) is 0 Å². The van der Waals surface area contributed by atoms with Crippen LogP contribution < -0.4 is 15.8 Å². The van der Waals surface area contributed by atoms with Gasteiger partial charge in [0.15, 0.2) is 0 Å². The number of amides is 1. The van der Waals surface area contributed by atoms with Crippen LogP contribution >= 0.6 is 0 Å². The summed E-state index contributed by atoms with van der Waals surface area (Å²) in [4.78, 5) is 11.8. The Morgan fingerprint density at radius 2 is 1.65 bits per heavy atom. The maximum atomic E-state index is 11.8. The Morgan fingerprint density at radius 1 is 1.10 bits per heavy atom. The molecular formula is C16H28N2OSi. The second kappa shape index (κ2) is 7.04. The molecule has 4 heteroatoms. The highest BCUT2D eigenvalue weighted by molar-refractivity contribution is 6.88. The Bertz CT molecular complexity index is 435. The summed E-state index contributed by atoms with van der Waals surface area (Å²) in [5, 5.41) is 7.64. The Balaban J connectivity index is 2.52. The predicted octanol–water partition coefficient (Wildman–Crippen LogP) is 2.23. The lowest BCUT2D eigenvalue weighted by Crippen LogP contribution is -2.44. The van der Waals surface area contributed by atoms with E-state index in [2.05, 4.69) is 54.5 Å². The minimum Gasteiger partial charge on any atom is -0.353 e. The summed E-state index contributed by atoms with van der Waals surface area (Å²) < 4.78 is 0. The van der Waals surface area contributed by atoms with Crippen molar-refractivity contribution in [3.05, 3.63) is 29.8 Å².